The summed E-state index contributed by atoms with van der Waals surface area (Å²) in [7, 11) is 0. The van der Waals surface area contributed by atoms with Crippen molar-refractivity contribution in [3.05, 3.63) is 53.6 Å². The second-order valence-corrected chi connectivity index (χ2v) is 5.35. The Hall–Kier alpha value is -3.41. The van der Waals surface area contributed by atoms with Gasteiger partial charge in [-0.1, -0.05) is 30.3 Å². The lowest BCUT2D eigenvalue weighted by Gasteiger charge is -2.14. The van der Waals surface area contributed by atoms with E-state index in [-0.39, 0.29) is 22.2 Å². The molecule has 6 heteroatoms. The van der Waals surface area contributed by atoms with Crippen molar-refractivity contribution in [2.24, 2.45) is 0 Å². The van der Waals surface area contributed by atoms with Crippen molar-refractivity contribution < 1.29 is 24.6 Å². The highest BCUT2D eigenvalue weighted by molar-refractivity contribution is 6.22. The Kier molecular flexibility index (Phi) is 3.65. The topological polar surface area (TPSA) is 104 Å². The van der Waals surface area contributed by atoms with Crippen molar-refractivity contribution in [2.75, 3.05) is 5.32 Å². The lowest BCUT2D eigenvalue weighted by Crippen LogP contribution is -2.13. The van der Waals surface area contributed by atoms with Gasteiger partial charge in [-0.2, -0.15) is 0 Å². The van der Waals surface area contributed by atoms with Crippen LogP contribution in [0.4, 0.5) is 5.69 Å². The van der Waals surface area contributed by atoms with E-state index in [1.807, 2.05) is 0 Å². The van der Waals surface area contributed by atoms with Gasteiger partial charge >= 0.3 is 11.9 Å². The van der Waals surface area contributed by atoms with Gasteiger partial charge < -0.3 is 15.5 Å². The minimum atomic E-state index is -1.30. The summed E-state index contributed by atoms with van der Waals surface area (Å²) in [6.07, 6.45) is 0. The molecule has 0 aliphatic rings. The van der Waals surface area contributed by atoms with Crippen LogP contribution in [0.2, 0.25) is 0 Å². The highest BCUT2D eigenvalue weighted by atomic mass is 16.4. The number of fused-ring (bicyclic) bond motifs is 2. The molecule has 24 heavy (non-hydrogen) atoms. The van der Waals surface area contributed by atoms with Crippen molar-refractivity contribution in [3.8, 4) is 0 Å². The second kappa shape index (κ2) is 5.66. The average Bonchev–Trinajstić information content (AvgIpc) is 2.51. The standard InChI is InChI=1S/C18H13NO5/c1-9(20)19-13-7-6-11-8-10-4-2-3-5-12(10)15(17(21)22)14(11)16(13)18(23)24/h2-8H,1H3,(H,19,20)(H,21,22)(H,23,24). The molecule has 0 spiro atoms. The van der Waals surface area contributed by atoms with Crippen LogP contribution in [0.3, 0.4) is 0 Å². The molecule has 0 unspecified atom stereocenters. The lowest BCUT2D eigenvalue weighted by atomic mass is 9.92. The van der Waals surface area contributed by atoms with Gasteiger partial charge in [-0.05, 0) is 28.3 Å². The van der Waals surface area contributed by atoms with Crippen molar-refractivity contribution in [1.82, 2.24) is 0 Å². The molecule has 3 aromatic rings. The summed E-state index contributed by atoms with van der Waals surface area (Å²) in [6, 6.07) is 11.7. The summed E-state index contributed by atoms with van der Waals surface area (Å²) in [4.78, 5) is 35.0. The Bertz CT molecular complexity index is 1020. The average molecular weight is 323 g/mol. The molecule has 6 nitrogen and oxygen atoms in total. The normalized spacial score (nSPS) is 10.7. The molecule has 0 heterocycles. The molecule has 0 aliphatic carbocycles. The smallest absolute Gasteiger partial charge is 0.338 e. The number of carboxylic acid groups (broad SMARTS) is 2. The number of carboxylic acids is 2. The zero-order valence-electron chi connectivity index (χ0n) is 12.7. The first-order valence-electron chi connectivity index (χ1n) is 7.12. The fourth-order valence-electron chi connectivity index (χ4n) is 2.90. The fraction of sp³-hybridized carbons (Fsp3) is 0.0556. The molecular formula is C18H13NO5. The van der Waals surface area contributed by atoms with Crippen LogP contribution < -0.4 is 5.32 Å². The highest BCUT2D eigenvalue weighted by Crippen LogP contribution is 2.34. The number of anilines is 1. The fourth-order valence-corrected chi connectivity index (χ4v) is 2.90. The number of hydrogen-bond donors (Lipinski definition) is 3. The Balaban J connectivity index is 2.56. The van der Waals surface area contributed by atoms with E-state index in [1.165, 1.54) is 13.0 Å². The predicted molar refractivity (Wildman–Crippen MR) is 89.7 cm³/mol. The summed E-state index contributed by atoms with van der Waals surface area (Å²) in [5.41, 5.74) is -0.251. The van der Waals surface area contributed by atoms with Crippen LogP contribution in [0.5, 0.6) is 0 Å². The van der Waals surface area contributed by atoms with Crippen molar-refractivity contribution >= 4 is 45.1 Å². The zero-order valence-corrected chi connectivity index (χ0v) is 12.7. The Morgan fingerprint density at radius 3 is 2.17 bits per heavy atom. The second-order valence-electron chi connectivity index (χ2n) is 5.35. The van der Waals surface area contributed by atoms with Crippen LogP contribution >= 0.6 is 0 Å². The maximum atomic E-state index is 11.9. The Morgan fingerprint density at radius 2 is 1.54 bits per heavy atom. The van der Waals surface area contributed by atoms with E-state index in [0.717, 1.165) is 0 Å². The molecule has 0 saturated heterocycles. The van der Waals surface area contributed by atoms with Crippen LogP contribution in [-0.4, -0.2) is 28.1 Å². The molecule has 3 aromatic carbocycles. The maximum Gasteiger partial charge on any atom is 0.338 e. The predicted octanol–water partition coefficient (Wildman–Crippen LogP) is 3.35. The Labute approximate surface area is 136 Å². The number of benzene rings is 3. The quantitative estimate of drug-likeness (QED) is 0.641. The molecule has 3 N–H and O–H groups in total. The Morgan fingerprint density at radius 1 is 0.875 bits per heavy atom. The zero-order chi connectivity index (χ0) is 17.4. The van der Waals surface area contributed by atoms with Gasteiger partial charge in [0, 0.05) is 12.3 Å². The monoisotopic (exact) mass is 323 g/mol. The summed E-state index contributed by atoms with van der Waals surface area (Å²) in [6.45, 7) is 1.26. The number of nitrogens with one attached hydrogen (secondary N) is 1. The summed E-state index contributed by atoms with van der Waals surface area (Å²) < 4.78 is 0. The number of carbonyl (C=O) groups excluding carboxylic acids is 1. The molecular weight excluding hydrogens is 310 g/mol. The first kappa shape index (κ1) is 15.5. The van der Waals surface area contributed by atoms with Gasteiger partial charge in [-0.3, -0.25) is 4.79 Å². The van der Waals surface area contributed by atoms with E-state index in [1.54, 1.807) is 36.4 Å². The van der Waals surface area contributed by atoms with Crippen LogP contribution in [-0.2, 0) is 4.79 Å². The largest absolute Gasteiger partial charge is 0.478 e. The SMILES string of the molecule is CC(=O)Nc1ccc2cc3ccccc3c(C(=O)O)c2c1C(=O)O. The molecule has 0 saturated carbocycles. The van der Waals surface area contributed by atoms with E-state index in [4.69, 9.17) is 0 Å². The van der Waals surface area contributed by atoms with Gasteiger partial charge in [0.15, 0.2) is 0 Å². The van der Waals surface area contributed by atoms with Crippen molar-refractivity contribution in [1.29, 1.82) is 0 Å². The van der Waals surface area contributed by atoms with E-state index in [9.17, 15) is 24.6 Å². The third-order valence-electron chi connectivity index (χ3n) is 3.77. The maximum absolute atomic E-state index is 11.9. The molecule has 0 bridgehead atoms. The van der Waals surface area contributed by atoms with Gasteiger partial charge in [0.05, 0.1) is 16.8 Å². The first-order chi connectivity index (χ1) is 11.4. The molecule has 3 rings (SSSR count). The first-order valence-corrected chi connectivity index (χ1v) is 7.12. The van der Waals surface area contributed by atoms with Crippen LogP contribution in [0.15, 0.2) is 42.5 Å². The van der Waals surface area contributed by atoms with Gasteiger partial charge in [-0.15, -0.1) is 0 Å². The minimum Gasteiger partial charge on any atom is -0.478 e. The molecule has 0 radical (unpaired) electrons. The number of hydrogen-bond acceptors (Lipinski definition) is 3. The third kappa shape index (κ3) is 2.44. The van der Waals surface area contributed by atoms with Gasteiger partial charge in [0.2, 0.25) is 5.91 Å². The highest BCUT2D eigenvalue weighted by Gasteiger charge is 2.23. The number of rotatable bonds is 3. The van der Waals surface area contributed by atoms with Gasteiger partial charge in [0.25, 0.3) is 0 Å². The summed E-state index contributed by atoms with van der Waals surface area (Å²) in [5, 5.41) is 23.5. The van der Waals surface area contributed by atoms with E-state index >= 15 is 0 Å². The number of carbonyl (C=O) groups is 3. The van der Waals surface area contributed by atoms with E-state index in [2.05, 4.69) is 5.32 Å². The number of amides is 1. The molecule has 0 atom stereocenters. The van der Waals surface area contributed by atoms with Gasteiger partial charge in [-0.25, -0.2) is 9.59 Å². The molecule has 0 aromatic heterocycles. The molecule has 0 fully saturated rings. The van der Waals surface area contributed by atoms with E-state index < -0.39 is 17.8 Å². The lowest BCUT2D eigenvalue weighted by molar-refractivity contribution is -0.114. The van der Waals surface area contributed by atoms with Crippen LogP contribution in [0.25, 0.3) is 21.5 Å². The summed E-state index contributed by atoms with van der Waals surface area (Å²) >= 11 is 0. The van der Waals surface area contributed by atoms with Crippen LogP contribution in [0.1, 0.15) is 27.6 Å². The number of aromatic carboxylic acids is 2. The minimum absolute atomic E-state index is 0.0697. The molecule has 120 valence electrons. The van der Waals surface area contributed by atoms with Crippen LogP contribution in [0, 0.1) is 0 Å². The van der Waals surface area contributed by atoms with Gasteiger partial charge in [0.1, 0.15) is 0 Å². The van der Waals surface area contributed by atoms with E-state index in [0.29, 0.717) is 16.2 Å². The summed E-state index contributed by atoms with van der Waals surface area (Å²) in [5.74, 6) is -2.96. The molecule has 0 aliphatic heterocycles. The third-order valence-corrected chi connectivity index (χ3v) is 3.77. The van der Waals surface area contributed by atoms with Crippen molar-refractivity contribution in [2.45, 2.75) is 6.92 Å². The van der Waals surface area contributed by atoms with Crippen molar-refractivity contribution in [3.63, 3.8) is 0 Å². The molecule has 1 amide bonds.